The van der Waals surface area contributed by atoms with E-state index in [2.05, 4.69) is 5.29 Å². The van der Waals surface area contributed by atoms with Gasteiger partial charge >= 0.3 is 5.97 Å². The van der Waals surface area contributed by atoms with Gasteiger partial charge in [0.15, 0.2) is 6.04 Å². The largest absolute Gasteiger partial charge is 0.498 e. The first-order chi connectivity index (χ1) is 9.98. The number of hydrogen-bond donors (Lipinski definition) is 1. The van der Waals surface area contributed by atoms with Crippen LogP contribution in [0.4, 0.5) is 4.79 Å². The van der Waals surface area contributed by atoms with Gasteiger partial charge in [0.05, 0.1) is 11.8 Å². The Labute approximate surface area is 120 Å². The Morgan fingerprint density at radius 3 is 2.57 bits per heavy atom. The van der Waals surface area contributed by atoms with E-state index in [-0.39, 0.29) is 26.2 Å². The summed E-state index contributed by atoms with van der Waals surface area (Å²) in [5.41, 5.74) is 0.762. The minimum Gasteiger partial charge on any atom is -0.498 e. The quantitative estimate of drug-likeness (QED) is 0.608. The molecular weight excluding hydrogens is 278 g/mol. The first-order valence-corrected chi connectivity index (χ1v) is 6.43. The molecule has 0 aromatic heterocycles. The second-order valence-corrected chi connectivity index (χ2v) is 5.06. The molecule has 112 valence electrons. The number of carbonyl (C=O) groups excluding carboxylic acids is 1. The highest BCUT2D eigenvalue weighted by Crippen LogP contribution is 2.22. The summed E-state index contributed by atoms with van der Waals surface area (Å²) < 4.78 is -0.535. The van der Waals surface area contributed by atoms with Crippen molar-refractivity contribution in [1.82, 2.24) is 5.01 Å². The van der Waals surface area contributed by atoms with E-state index in [9.17, 15) is 19.6 Å². The number of aliphatic carboxylic acids is 1. The Bertz CT molecular complexity index is 550. The number of nitrogens with zero attached hydrogens (tertiary/aromatic N) is 3. The molecule has 8 heteroatoms. The molecule has 2 atom stereocenters. The van der Waals surface area contributed by atoms with Gasteiger partial charge in [-0.05, 0) is 0 Å². The van der Waals surface area contributed by atoms with E-state index in [0.29, 0.717) is 0 Å². The van der Waals surface area contributed by atoms with Crippen LogP contribution in [-0.2, 0) is 11.3 Å². The number of carbonyl (C=O) groups is 2. The molecule has 0 spiro atoms. The van der Waals surface area contributed by atoms with Crippen LogP contribution in [0.15, 0.2) is 35.6 Å². The normalized spacial score (nSPS) is 25.3. The number of rotatable bonds is 4. The van der Waals surface area contributed by atoms with Gasteiger partial charge in [0.2, 0.25) is 0 Å². The minimum atomic E-state index is -1.35. The first-order valence-electron chi connectivity index (χ1n) is 6.43. The molecule has 1 N–H and O–H groups in total. The summed E-state index contributed by atoms with van der Waals surface area (Å²) >= 11 is 0. The van der Waals surface area contributed by atoms with E-state index in [1.54, 1.807) is 30.3 Å². The van der Waals surface area contributed by atoms with E-state index in [0.717, 1.165) is 10.6 Å². The fourth-order valence-corrected chi connectivity index (χ4v) is 2.58. The van der Waals surface area contributed by atoms with Crippen LogP contribution in [0.25, 0.3) is 0 Å². The fraction of sp³-hybridized carbons (Fsp3) is 0.385. The number of carboxylic acid groups (broad SMARTS) is 2. The molecule has 8 nitrogen and oxygen atoms in total. The molecule has 1 aromatic carbocycles. The predicted octanol–water partition coefficient (Wildman–Crippen LogP) is -0.203. The molecule has 1 aliphatic heterocycles. The van der Waals surface area contributed by atoms with Gasteiger partial charge in [-0.15, -0.1) is 4.91 Å². The predicted molar refractivity (Wildman–Crippen MR) is 69.5 cm³/mol. The Balaban J connectivity index is 2.28. The van der Waals surface area contributed by atoms with Crippen molar-refractivity contribution in [2.24, 2.45) is 5.29 Å². The molecule has 0 aliphatic carbocycles. The third-order valence-electron chi connectivity index (χ3n) is 3.74. The van der Waals surface area contributed by atoms with Gasteiger partial charge in [-0.1, -0.05) is 30.3 Å². The van der Waals surface area contributed by atoms with Crippen molar-refractivity contribution < 1.29 is 24.3 Å². The highest BCUT2D eigenvalue weighted by Gasteiger charge is 2.44. The maximum atomic E-state index is 11.6. The molecule has 1 amide bonds. The average molecular weight is 293 g/mol. The number of carboxylic acids is 1. The number of nitroso groups, excluding NO2 is 1. The lowest BCUT2D eigenvalue weighted by atomic mass is 10.1. The minimum absolute atomic E-state index is 0.0404. The summed E-state index contributed by atoms with van der Waals surface area (Å²) in [5.74, 6) is -1.27. The Morgan fingerprint density at radius 1 is 1.38 bits per heavy atom. The van der Waals surface area contributed by atoms with Crippen LogP contribution >= 0.6 is 0 Å². The summed E-state index contributed by atoms with van der Waals surface area (Å²) in [6.45, 7) is -0.133. The number of piperazine rings is 1. The van der Waals surface area contributed by atoms with Crippen LogP contribution in [0.1, 0.15) is 5.56 Å². The standard InChI is InChI=1S/C13H15N3O5/c17-12(18)11-9-16(13(19)20,7-6-15(11)14-21)8-10-4-2-1-3-5-10/h1-5,11H,6-9H2,(H-,17,18,19,20). The van der Waals surface area contributed by atoms with Crippen LogP contribution in [0.3, 0.4) is 0 Å². The van der Waals surface area contributed by atoms with E-state index in [1.165, 1.54) is 0 Å². The smallest absolute Gasteiger partial charge is 0.334 e. The molecule has 1 saturated heterocycles. The second-order valence-electron chi connectivity index (χ2n) is 5.06. The molecule has 2 unspecified atom stereocenters. The SMILES string of the molecule is O=NN1CC[N+](Cc2ccccc2)(C(=O)[O-])CC1C(=O)O. The molecule has 1 fully saturated rings. The maximum Gasteiger partial charge on any atom is 0.334 e. The van der Waals surface area contributed by atoms with E-state index < -0.39 is 22.6 Å². The van der Waals surface area contributed by atoms with Gasteiger partial charge in [0, 0.05) is 5.56 Å². The van der Waals surface area contributed by atoms with Gasteiger partial charge in [-0.3, -0.25) is 4.48 Å². The van der Waals surface area contributed by atoms with Crippen molar-refractivity contribution >= 4 is 12.1 Å². The second kappa shape index (κ2) is 5.88. The summed E-state index contributed by atoms with van der Waals surface area (Å²) in [6.07, 6.45) is -1.35. The Kier molecular flexibility index (Phi) is 4.18. The van der Waals surface area contributed by atoms with Crippen molar-refractivity contribution in [3.63, 3.8) is 0 Å². The molecule has 1 aliphatic rings. The fourth-order valence-electron chi connectivity index (χ4n) is 2.58. The average Bonchev–Trinajstić information content (AvgIpc) is 2.48. The topological polar surface area (TPSA) is 110 Å². The molecule has 2 rings (SSSR count). The summed E-state index contributed by atoms with van der Waals surface area (Å²) in [7, 11) is 0. The summed E-state index contributed by atoms with van der Waals surface area (Å²) in [6, 6.07) is 7.63. The lowest BCUT2D eigenvalue weighted by molar-refractivity contribution is -0.895. The van der Waals surface area contributed by atoms with E-state index in [1.807, 2.05) is 0 Å². The maximum absolute atomic E-state index is 11.6. The molecule has 0 radical (unpaired) electrons. The zero-order chi connectivity index (χ0) is 15.5. The summed E-state index contributed by atoms with van der Waals surface area (Å²) in [4.78, 5) is 33.5. The summed E-state index contributed by atoms with van der Waals surface area (Å²) in [5, 5.41) is 24.3. The van der Waals surface area contributed by atoms with Gasteiger partial charge in [0.25, 0.3) is 6.09 Å². The van der Waals surface area contributed by atoms with Crippen molar-refractivity contribution in [1.29, 1.82) is 0 Å². The zero-order valence-electron chi connectivity index (χ0n) is 11.2. The Morgan fingerprint density at radius 2 is 2.05 bits per heavy atom. The van der Waals surface area contributed by atoms with Crippen LogP contribution in [-0.4, -0.2) is 52.3 Å². The van der Waals surface area contributed by atoms with E-state index >= 15 is 0 Å². The molecule has 1 heterocycles. The van der Waals surface area contributed by atoms with Crippen LogP contribution in [0, 0.1) is 4.91 Å². The van der Waals surface area contributed by atoms with Crippen molar-refractivity contribution in [2.45, 2.75) is 12.6 Å². The number of amides is 1. The molecule has 21 heavy (non-hydrogen) atoms. The lowest BCUT2D eigenvalue weighted by Gasteiger charge is -2.44. The molecular formula is C13H15N3O5. The third-order valence-corrected chi connectivity index (χ3v) is 3.74. The lowest BCUT2D eigenvalue weighted by Crippen LogP contribution is -2.69. The first kappa shape index (κ1) is 14.9. The molecule has 0 bridgehead atoms. The van der Waals surface area contributed by atoms with Crippen LogP contribution in [0.2, 0.25) is 0 Å². The number of benzene rings is 1. The van der Waals surface area contributed by atoms with Crippen molar-refractivity contribution in [2.75, 3.05) is 19.6 Å². The highest BCUT2D eigenvalue weighted by atomic mass is 16.4. The van der Waals surface area contributed by atoms with Crippen LogP contribution in [0.5, 0.6) is 0 Å². The highest BCUT2D eigenvalue weighted by molar-refractivity contribution is 5.74. The van der Waals surface area contributed by atoms with Gasteiger partial charge < -0.3 is 15.0 Å². The van der Waals surface area contributed by atoms with Crippen molar-refractivity contribution in [3.05, 3.63) is 40.8 Å². The Hall–Kier alpha value is -2.48. The van der Waals surface area contributed by atoms with Gasteiger partial charge in [-0.2, -0.15) is 0 Å². The zero-order valence-corrected chi connectivity index (χ0v) is 11.2. The third kappa shape index (κ3) is 3.00. The monoisotopic (exact) mass is 293 g/mol. The van der Waals surface area contributed by atoms with Gasteiger partial charge in [0.1, 0.15) is 19.6 Å². The molecule has 1 aromatic rings. The number of quaternary nitrogens is 1. The molecule has 0 saturated carbocycles. The van der Waals surface area contributed by atoms with E-state index in [4.69, 9.17) is 5.11 Å². The van der Waals surface area contributed by atoms with Gasteiger partial charge in [-0.25, -0.2) is 9.80 Å². The van der Waals surface area contributed by atoms with Crippen molar-refractivity contribution in [3.8, 4) is 0 Å². The number of hydrogen-bond acceptors (Lipinski definition) is 5. The van der Waals surface area contributed by atoms with Crippen LogP contribution < -0.4 is 5.11 Å².